The standard InChI is InChI=1S/C33H30IN3O3S/c1-22(2)24-13-11-23(12-14-24)19-30(37-32(39)25-7-4-3-5-8-25)33(40)36-28-9-6-10-29(20-28)41-21-31(38)35-27-17-15-26(34)16-18-27/h3-20,22H,21H2,1-2H3,(H,35,38)(H,36,40)(H,37,39)/b30-19+. The Bertz CT molecular complexity index is 1540. The Morgan fingerprint density at radius 1 is 0.805 bits per heavy atom. The number of carbonyl (C=O) groups excluding carboxylic acids is 3. The van der Waals surface area contributed by atoms with Crippen molar-refractivity contribution in [3.63, 3.8) is 0 Å². The third-order valence-electron chi connectivity index (χ3n) is 6.03. The highest BCUT2D eigenvalue weighted by Crippen LogP contribution is 2.23. The highest BCUT2D eigenvalue weighted by Gasteiger charge is 2.16. The molecule has 0 spiro atoms. The van der Waals surface area contributed by atoms with Crippen molar-refractivity contribution in [3.05, 3.63) is 129 Å². The Kier molecular flexibility index (Phi) is 10.8. The fraction of sp³-hybridized carbons (Fsp3) is 0.121. The number of hydrogen-bond acceptors (Lipinski definition) is 4. The van der Waals surface area contributed by atoms with Crippen LogP contribution in [0.3, 0.4) is 0 Å². The molecule has 208 valence electrons. The molecule has 0 bridgehead atoms. The third kappa shape index (κ3) is 9.33. The van der Waals surface area contributed by atoms with Gasteiger partial charge in [-0.15, -0.1) is 11.8 Å². The van der Waals surface area contributed by atoms with Gasteiger partial charge in [0.1, 0.15) is 5.70 Å². The lowest BCUT2D eigenvalue weighted by Crippen LogP contribution is -2.30. The quantitative estimate of drug-likeness (QED) is 0.0921. The molecule has 8 heteroatoms. The van der Waals surface area contributed by atoms with E-state index in [1.54, 1.807) is 42.5 Å². The highest BCUT2D eigenvalue weighted by atomic mass is 127. The Balaban J connectivity index is 1.46. The monoisotopic (exact) mass is 675 g/mol. The van der Waals surface area contributed by atoms with Gasteiger partial charge in [-0.05, 0) is 100 Å². The van der Waals surface area contributed by atoms with Crippen LogP contribution in [0.15, 0.2) is 114 Å². The van der Waals surface area contributed by atoms with E-state index < -0.39 is 5.91 Å². The maximum Gasteiger partial charge on any atom is 0.272 e. The van der Waals surface area contributed by atoms with E-state index in [1.807, 2.05) is 66.7 Å². The molecule has 4 aromatic rings. The van der Waals surface area contributed by atoms with Gasteiger partial charge in [0.25, 0.3) is 11.8 Å². The summed E-state index contributed by atoms with van der Waals surface area (Å²) in [5.74, 6) is -0.362. The van der Waals surface area contributed by atoms with Gasteiger partial charge >= 0.3 is 0 Å². The number of hydrogen-bond donors (Lipinski definition) is 3. The van der Waals surface area contributed by atoms with E-state index in [-0.39, 0.29) is 23.3 Å². The zero-order valence-electron chi connectivity index (χ0n) is 22.7. The molecular weight excluding hydrogens is 645 g/mol. The summed E-state index contributed by atoms with van der Waals surface area (Å²) in [5.41, 5.74) is 3.83. The lowest BCUT2D eigenvalue weighted by Gasteiger charge is -2.13. The molecule has 0 atom stereocenters. The van der Waals surface area contributed by atoms with Gasteiger partial charge in [-0.2, -0.15) is 0 Å². The maximum absolute atomic E-state index is 13.4. The van der Waals surface area contributed by atoms with Crippen LogP contribution in [-0.2, 0) is 9.59 Å². The molecule has 3 N–H and O–H groups in total. The molecular formula is C33H30IN3O3S. The van der Waals surface area contributed by atoms with Crippen LogP contribution in [0.4, 0.5) is 11.4 Å². The number of carbonyl (C=O) groups is 3. The number of benzene rings is 4. The molecule has 4 rings (SSSR count). The van der Waals surface area contributed by atoms with Crippen LogP contribution in [0.1, 0.15) is 41.3 Å². The minimum atomic E-state index is -0.458. The zero-order chi connectivity index (χ0) is 29.2. The van der Waals surface area contributed by atoms with Crippen molar-refractivity contribution < 1.29 is 14.4 Å². The van der Waals surface area contributed by atoms with Gasteiger partial charge in [-0.25, -0.2) is 0 Å². The summed E-state index contributed by atoms with van der Waals surface area (Å²) in [4.78, 5) is 39.6. The van der Waals surface area contributed by atoms with Crippen molar-refractivity contribution in [1.82, 2.24) is 5.32 Å². The van der Waals surface area contributed by atoms with Gasteiger partial charge in [0.15, 0.2) is 0 Å². The van der Waals surface area contributed by atoms with Crippen LogP contribution in [0.25, 0.3) is 6.08 Å². The van der Waals surface area contributed by atoms with Gasteiger partial charge in [0.05, 0.1) is 5.75 Å². The third-order valence-corrected chi connectivity index (χ3v) is 7.75. The zero-order valence-corrected chi connectivity index (χ0v) is 25.7. The molecule has 0 aliphatic heterocycles. The summed E-state index contributed by atoms with van der Waals surface area (Å²) in [6, 6.07) is 31.5. The van der Waals surface area contributed by atoms with E-state index in [0.717, 1.165) is 19.7 Å². The second-order valence-electron chi connectivity index (χ2n) is 9.53. The summed E-state index contributed by atoms with van der Waals surface area (Å²) in [7, 11) is 0. The van der Waals surface area contributed by atoms with Crippen LogP contribution < -0.4 is 16.0 Å². The van der Waals surface area contributed by atoms with E-state index in [2.05, 4.69) is 52.4 Å². The maximum atomic E-state index is 13.4. The summed E-state index contributed by atoms with van der Waals surface area (Å²) in [5, 5.41) is 8.54. The highest BCUT2D eigenvalue weighted by molar-refractivity contribution is 14.1. The van der Waals surface area contributed by atoms with Crippen molar-refractivity contribution in [2.75, 3.05) is 16.4 Å². The summed E-state index contributed by atoms with van der Waals surface area (Å²) in [6.07, 6.45) is 1.66. The molecule has 0 heterocycles. The molecule has 0 saturated heterocycles. The Morgan fingerprint density at radius 3 is 2.20 bits per heavy atom. The first-order valence-electron chi connectivity index (χ1n) is 13.0. The summed E-state index contributed by atoms with van der Waals surface area (Å²) < 4.78 is 1.09. The van der Waals surface area contributed by atoms with E-state index in [0.29, 0.717) is 17.2 Å². The molecule has 0 fully saturated rings. The topological polar surface area (TPSA) is 87.3 Å². The average molecular weight is 676 g/mol. The lowest BCUT2D eigenvalue weighted by molar-refractivity contribution is -0.114. The number of thioether (sulfide) groups is 1. The van der Waals surface area contributed by atoms with Crippen molar-refractivity contribution >= 4 is 69.5 Å². The van der Waals surface area contributed by atoms with Gasteiger partial charge < -0.3 is 16.0 Å². The van der Waals surface area contributed by atoms with Crippen molar-refractivity contribution in [2.45, 2.75) is 24.7 Å². The fourth-order valence-corrected chi connectivity index (χ4v) is 4.94. The first-order valence-corrected chi connectivity index (χ1v) is 15.1. The molecule has 6 nitrogen and oxygen atoms in total. The summed E-state index contributed by atoms with van der Waals surface area (Å²) in [6.45, 7) is 4.23. The smallest absolute Gasteiger partial charge is 0.272 e. The molecule has 0 aliphatic carbocycles. The second kappa shape index (κ2) is 14.7. The molecule has 41 heavy (non-hydrogen) atoms. The van der Waals surface area contributed by atoms with Crippen LogP contribution in [0, 0.1) is 3.57 Å². The van der Waals surface area contributed by atoms with Gasteiger partial charge in [-0.1, -0.05) is 62.4 Å². The minimum absolute atomic E-state index is 0.117. The van der Waals surface area contributed by atoms with Crippen LogP contribution in [-0.4, -0.2) is 23.5 Å². The Labute approximate surface area is 258 Å². The Morgan fingerprint density at radius 2 is 1.51 bits per heavy atom. The normalized spacial score (nSPS) is 11.2. The molecule has 0 unspecified atom stereocenters. The number of rotatable bonds is 10. The van der Waals surface area contributed by atoms with Crippen molar-refractivity contribution in [1.29, 1.82) is 0 Å². The second-order valence-corrected chi connectivity index (χ2v) is 11.8. The predicted octanol–water partition coefficient (Wildman–Crippen LogP) is 7.56. The van der Waals surface area contributed by atoms with Crippen LogP contribution in [0.2, 0.25) is 0 Å². The fourth-order valence-electron chi connectivity index (χ4n) is 3.83. The minimum Gasteiger partial charge on any atom is -0.325 e. The molecule has 0 aliphatic rings. The predicted molar refractivity (Wildman–Crippen MR) is 176 cm³/mol. The number of anilines is 2. The Hall–Kier alpha value is -3.89. The first-order chi connectivity index (χ1) is 19.8. The molecule has 0 saturated carbocycles. The van der Waals surface area contributed by atoms with Gasteiger partial charge in [0.2, 0.25) is 5.91 Å². The number of nitrogens with one attached hydrogen (secondary N) is 3. The first kappa shape index (κ1) is 30.1. The molecule has 0 radical (unpaired) electrons. The largest absolute Gasteiger partial charge is 0.325 e. The van der Waals surface area contributed by atoms with E-state index in [1.165, 1.54) is 17.3 Å². The average Bonchev–Trinajstić information content (AvgIpc) is 2.98. The van der Waals surface area contributed by atoms with Crippen molar-refractivity contribution in [3.8, 4) is 0 Å². The summed E-state index contributed by atoms with van der Waals surface area (Å²) >= 11 is 3.58. The molecule has 4 aromatic carbocycles. The van der Waals surface area contributed by atoms with Crippen molar-refractivity contribution in [2.24, 2.45) is 0 Å². The van der Waals surface area contributed by atoms with Gasteiger partial charge in [-0.3, -0.25) is 14.4 Å². The lowest BCUT2D eigenvalue weighted by atomic mass is 10.0. The SMILES string of the molecule is CC(C)c1ccc(/C=C(/NC(=O)c2ccccc2)C(=O)Nc2cccc(SCC(=O)Nc3ccc(I)cc3)c2)cc1. The van der Waals surface area contributed by atoms with Gasteiger partial charge in [0, 0.05) is 25.4 Å². The van der Waals surface area contributed by atoms with Crippen LogP contribution in [0.5, 0.6) is 0 Å². The molecule has 3 amide bonds. The molecule has 0 aromatic heterocycles. The van der Waals surface area contributed by atoms with Crippen LogP contribution >= 0.6 is 34.4 Å². The van der Waals surface area contributed by atoms with E-state index >= 15 is 0 Å². The van der Waals surface area contributed by atoms with E-state index in [4.69, 9.17) is 0 Å². The number of amides is 3. The van der Waals surface area contributed by atoms with E-state index in [9.17, 15) is 14.4 Å². The number of halogens is 1.